The molecule has 0 fully saturated rings. The molecule has 2 aromatic carbocycles. The molecule has 0 saturated heterocycles. The van der Waals surface area contributed by atoms with Crippen molar-refractivity contribution in [2.75, 3.05) is 5.32 Å². The number of nitrogens with one attached hydrogen (secondary N) is 1. The molecule has 2 rings (SSSR count). The third kappa shape index (κ3) is 3.71. The number of hydrogen-bond donors (Lipinski definition) is 1. The van der Waals surface area contributed by atoms with Gasteiger partial charge in [0.1, 0.15) is 5.82 Å². The molecule has 1 nitrogen and oxygen atoms in total. The van der Waals surface area contributed by atoms with Crippen LogP contribution in [0.4, 0.5) is 10.1 Å². The normalized spacial score (nSPS) is 10.6. The van der Waals surface area contributed by atoms with Crippen molar-refractivity contribution in [2.24, 2.45) is 0 Å². The average Bonchev–Trinajstić information content (AvgIpc) is 2.36. The second kappa shape index (κ2) is 6.25. The molecule has 0 heterocycles. The van der Waals surface area contributed by atoms with Gasteiger partial charge in [-0.25, -0.2) is 4.39 Å². The van der Waals surface area contributed by atoms with E-state index in [1.54, 1.807) is 6.07 Å². The lowest BCUT2D eigenvalue weighted by Crippen LogP contribution is -2.02. The van der Waals surface area contributed by atoms with Gasteiger partial charge in [-0.2, -0.15) is 0 Å². The van der Waals surface area contributed by atoms with Gasteiger partial charge in [0.2, 0.25) is 0 Å². The second-order valence-electron chi connectivity index (χ2n) is 4.17. The van der Waals surface area contributed by atoms with E-state index >= 15 is 0 Å². The van der Waals surface area contributed by atoms with Crippen molar-refractivity contribution >= 4 is 49.1 Å². The molecular weight excluding hydrogens is 396 g/mol. The fraction of sp³-hybridized carbons (Fsp3) is 0.143. The van der Waals surface area contributed by atoms with Gasteiger partial charge in [0.15, 0.2) is 0 Å². The minimum Gasteiger partial charge on any atom is -0.381 e. The van der Waals surface area contributed by atoms with Crippen molar-refractivity contribution < 1.29 is 4.39 Å². The molecule has 0 saturated carbocycles. The monoisotopic (exact) mass is 405 g/mol. The Bertz CT molecular complexity index is 617. The predicted molar refractivity (Wildman–Crippen MR) is 85.3 cm³/mol. The Morgan fingerprint density at radius 3 is 2.68 bits per heavy atom. The zero-order valence-corrected chi connectivity index (χ0v) is 14.0. The Hall–Kier alpha value is -0.580. The summed E-state index contributed by atoms with van der Waals surface area (Å²) in [6.45, 7) is 2.44. The van der Waals surface area contributed by atoms with Crippen LogP contribution in [0, 0.1) is 12.7 Å². The number of anilines is 1. The van der Waals surface area contributed by atoms with Gasteiger partial charge in [0.25, 0.3) is 0 Å². The summed E-state index contributed by atoms with van der Waals surface area (Å²) in [6.07, 6.45) is 0. The van der Waals surface area contributed by atoms with Crippen molar-refractivity contribution in [1.29, 1.82) is 0 Å². The van der Waals surface area contributed by atoms with Crippen LogP contribution in [0.15, 0.2) is 39.3 Å². The van der Waals surface area contributed by atoms with Gasteiger partial charge < -0.3 is 5.32 Å². The SMILES string of the molecule is Cc1cc(F)c(Br)cc1NCc1cc(Br)ccc1Cl. The van der Waals surface area contributed by atoms with Crippen LogP contribution in [-0.4, -0.2) is 0 Å². The van der Waals surface area contributed by atoms with Gasteiger partial charge in [0.05, 0.1) is 4.47 Å². The Kier molecular flexibility index (Phi) is 4.87. The van der Waals surface area contributed by atoms with Crippen LogP contribution in [-0.2, 0) is 6.54 Å². The molecule has 0 radical (unpaired) electrons. The van der Waals surface area contributed by atoms with E-state index in [1.807, 2.05) is 25.1 Å². The summed E-state index contributed by atoms with van der Waals surface area (Å²) in [7, 11) is 0. The van der Waals surface area contributed by atoms with Crippen molar-refractivity contribution in [3.05, 3.63) is 61.2 Å². The molecule has 0 unspecified atom stereocenters. The summed E-state index contributed by atoms with van der Waals surface area (Å²) in [5.74, 6) is -0.261. The molecule has 100 valence electrons. The van der Waals surface area contributed by atoms with E-state index in [1.165, 1.54) is 6.07 Å². The summed E-state index contributed by atoms with van der Waals surface area (Å²) in [5.41, 5.74) is 2.71. The molecule has 0 aliphatic heterocycles. The van der Waals surface area contributed by atoms with Crippen LogP contribution in [0.5, 0.6) is 0 Å². The molecule has 0 atom stereocenters. The highest BCUT2D eigenvalue weighted by atomic mass is 79.9. The van der Waals surface area contributed by atoms with E-state index < -0.39 is 0 Å². The standard InChI is InChI=1S/C14H11Br2ClFN/c1-8-4-13(18)11(16)6-14(8)19-7-9-5-10(15)2-3-12(9)17/h2-6,19H,7H2,1H3. The minimum atomic E-state index is -0.261. The molecule has 19 heavy (non-hydrogen) atoms. The molecule has 0 aliphatic rings. The maximum Gasteiger partial charge on any atom is 0.137 e. The van der Waals surface area contributed by atoms with E-state index in [-0.39, 0.29) is 5.82 Å². The zero-order valence-electron chi connectivity index (χ0n) is 10.1. The topological polar surface area (TPSA) is 12.0 Å². The van der Waals surface area contributed by atoms with Gasteiger partial charge >= 0.3 is 0 Å². The first-order chi connectivity index (χ1) is 8.97. The van der Waals surface area contributed by atoms with E-state index in [4.69, 9.17) is 11.6 Å². The number of halogens is 4. The largest absolute Gasteiger partial charge is 0.381 e. The highest BCUT2D eigenvalue weighted by molar-refractivity contribution is 9.10. The smallest absolute Gasteiger partial charge is 0.137 e. The van der Waals surface area contributed by atoms with E-state index in [0.717, 1.165) is 21.3 Å². The third-order valence-corrected chi connectivity index (χ3v) is 4.21. The lowest BCUT2D eigenvalue weighted by molar-refractivity contribution is 0.620. The van der Waals surface area contributed by atoms with Crippen LogP contribution >= 0.6 is 43.5 Å². The first-order valence-corrected chi connectivity index (χ1v) is 7.57. The van der Waals surface area contributed by atoms with Crippen LogP contribution in [0.25, 0.3) is 0 Å². The lowest BCUT2D eigenvalue weighted by atomic mass is 10.1. The molecule has 5 heteroatoms. The maximum absolute atomic E-state index is 13.3. The third-order valence-electron chi connectivity index (χ3n) is 2.74. The minimum absolute atomic E-state index is 0.261. The van der Waals surface area contributed by atoms with E-state index in [0.29, 0.717) is 16.0 Å². The van der Waals surface area contributed by atoms with Gasteiger partial charge in [-0.05, 0) is 64.3 Å². The number of benzene rings is 2. The zero-order chi connectivity index (χ0) is 14.0. The van der Waals surface area contributed by atoms with Crippen LogP contribution < -0.4 is 5.32 Å². The quantitative estimate of drug-likeness (QED) is 0.665. The molecule has 0 amide bonds. The predicted octanol–water partition coefficient (Wildman–Crippen LogP) is 5.92. The van der Waals surface area contributed by atoms with Crippen molar-refractivity contribution in [3.8, 4) is 0 Å². The lowest BCUT2D eigenvalue weighted by Gasteiger charge is -2.12. The van der Waals surface area contributed by atoms with Crippen molar-refractivity contribution in [2.45, 2.75) is 13.5 Å². The first-order valence-electron chi connectivity index (χ1n) is 5.61. The summed E-state index contributed by atoms with van der Waals surface area (Å²) in [5, 5.41) is 3.97. The van der Waals surface area contributed by atoms with E-state index in [2.05, 4.69) is 37.2 Å². The average molecular weight is 408 g/mol. The number of hydrogen-bond acceptors (Lipinski definition) is 1. The summed E-state index contributed by atoms with van der Waals surface area (Å²) >= 11 is 12.7. The van der Waals surface area contributed by atoms with Crippen LogP contribution in [0.2, 0.25) is 5.02 Å². The summed E-state index contributed by atoms with van der Waals surface area (Å²) in [4.78, 5) is 0. The maximum atomic E-state index is 13.3. The highest BCUT2D eigenvalue weighted by Crippen LogP contribution is 2.26. The van der Waals surface area contributed by atoms with Crippen LogP contribution in [0.1, 0.15) is 11.1 Å². The molecule has 0 aliphatic carbocycles. The Morgan fingerprint density at radius 1 is 1.21 bits per heavy atom. The molecule has 0 spiro atoms. The van der Waals surface area contributed by atoms with E-state index in [9.17, 15) is 4.39 Å². The van der Waals surface area contributed by atoms with Crippen molar-refractivity contribution in [1.82, 2.24) is 0 Å². The van der Waals surface area contributed by atoms with Crippen LogP contribution in [0.3, 0.4) is 0 Å². The molecular formula is C14H11Br2ClFN. The summed E-state index contributed by atoms with van der Waals surface area (Å²) in [6, 6.07) is 8.93. The van der Waals surface area contributed by atoms with Gasteiger partial charge in [-0.3, -0.25) is 0 Å². The fourth-order valence-corrected chi connectivity index (χ4v) is 2.64. The fourth-order valence-electron chi connectivity index (χ4n) is 1.71. The molecule has 0 aromatic heterocycles. The number of aryl methyl sites for hydroxylation is 1. The molecule has 1 N–H and O–H groups in total. The Balaban J connectivity index is 2.19. The second-order valence-corrected chi connectivity index (χ2v) is 6.35. The van der Waals surface area contributed by atoms with Gasteiger partial charge in [0, 0.05) is 21.7 Å². The highest BCUT2D eigenvalue weighted by Gasteiger charge is 2.06. The Morgan fingerprint density at radius 2 is 1.95 bits per heavy atom. The first kappa shape index (κ1) is 14.8. The van der Waals surface area contributed by atoms with Gasteiger partial charge in [-0.1, -0.05) is 27.5 Å². The van der Waals surface area contributed by atoms with Crippen molar-refractivity contribution in [3.63, 3.8) is 0 Å². The van der Waals surface area contributed by atoms with Gasteiger partial charge in [-0.15, -0.1) is 0 Å². The number of rotatable bonds is 3. The summed E-state index contributed by atoms with van der Waals surface area (Å²) < 4.78 is 14.8. The molecule has 0 bridgehead atoms. The Labute approximate surface area is 133 Å². The molecule has 2 aromatic rings.